The van der Waals surface area contributed by atoms with Gasteiger partial charge in [0.05, 0.1) is 31.4 Å². The molecule has 3 N–H and O–H groups in total. The van der Waals surface area contributed by atoms with E-state index < -0.39 is 29.5 Å². The van der Waals surface area contributed by atoms with E-state index in [0.29, 0.717) is 22.4 Å². The van der Waals surface area contributed by atoms with Gasteiger partial charge in [-0.15, -0.1) is 0 Å². The molecule has 1 aliphatic heterocycles. The van der Waals surface area contributed by atoms with Gasteiger partial charge in [-0.3, -0.25) is 19.6 Å². The van der Waals surface area contributed by atoms with Gasteiger partial charge in [0.25, 0.3) is 0 Å². The van der Waals surface area contributed by atoms with Gasteiger partial charge in [-0.05, 0) is 31.5 Å². The summed E-state index contributed by atoms with van der Waals surface area (Å²) in [6, 6.07) is 4.71. The number of hydrogen-bond acceptors (Lipinski definition) is 9. The minimum Gasteiger partial charge on any atom is -0.507 e. The highest BCUT2D eigenvalue weighted by Crippen LogP contribution is 2.50. The monoisotopic (exact) mass is 464 g/mol. The molecule has 1 aromatic carbocycles. The number of Topliss-reactive ketones (excluding diaryl/α,β-unsaturated/α-hetero) is 1. The molecule has 1 aliphatic rings. The van der Waals surface area contributed by atoms with Crippen molar-refractivity contribution in [2.45, 2.75) is 38.9 Å². The van der Waals surface area contributed by atoms with E-state index in [4.69, 9.17) is 9.47 Å². The van der Waals surface area contributed by atoms with E-state index in [0.717, 1.165) is 0 Å². The van der Waals surface area contributed by atoms with E-state index in [1.54, 1.807) is 31.5 Å². The van der Waals surface area contributed by atoms with Gasteiger partial charge in [-0.1, -0.05) is 6.07 Å². The van der Waals surface area contributed by atoms with Gasteiger partial charge in [0.15, 0.2) is 5.78 Å². The summed E-state index contributed by atoms with van der Waals surface area (Å²) < 4.78 is 10.7. The van der Waals surface area contributed by atoms with Crippen molar-refractivity contribution in [1.82, 2.24) is 9.97 Å². The SMILES string of the molecule is COC(=O)C[C@H](c1cccnc1)c1c(O)c(C(C)=O)cc([C@H]2OCc3cnc(C)c(O)c32)c1O. The molecule has 3 heterocycles. The largest absolute Gasteiger partial charge is 0.507 e. The molecule has 34 heavy (non-hydrogen) atoms. The number of benzene rings is 1. The van der Waals surface area contributed by atoms with E-state index in [9.17, 15) is 24.9 Å². The molecule has 3 aromatic rings. The molecule has 176 valence electrons. The van der Waals surface area contributed by atoms with Crippen LogP contribution in [0.3, 0.4) is 0 Å². The molecule has 0 saturated heterocycles. The van der Waals surface area contributed by atoms with Crippen LogP contribution in [0.4, 0.5) is 0 Å². The van der Waals surface area contributed by atoms with Crippen LogP contribution < -0.4 is 0 Å². The van der Waals surface area contributed by atoms with Crippen LogP contribution >= 0.6 is 0 Å². The number of pyridine rings is 2. The number of ketones is 1. The fourth-order valence-electron chi connectivity index (χ4n) is 4.28. The van der Waals surface area contributed by atoms with E-state index >= 15 is 0 Å². The highest BCUT2D eigenvalue weighted by molar-refractivity contribution is 5.98. The number of phenolic OH excluding ortho intramolecular Hbond substituents is 2. The summed E-state index contributed by atoms with van der Waals surface area (Å²) in [5.41, 5.74) is 2.09. The summed E-state index contributed by atoms with van der Waals surface area (Å²) in [4.78, 5) is 32.9. The first-order valence-electron chi connectivity index (χ1n) is 10.6. The highest BCUT2D eigenvalue weighted by Gasteiger charge is 2.36. The highest BCUT2D eigenvalue weighted by atomic mass is 16.5. The lowest BCUT2D eigenvalue weighted by Crippen LogP contribution is -2.13. The molecular weight excluding hydrogens is 440 g/mol. The molecule has 9 heteroatoms. The Balaban J connectivity index is 1.98. The average Bonchev–Trinajstić information content (AvgIpc) is 3.25. The second-order valence-corrected chi connectivity index (χ2v) is 8.12. The van der Waals surface area contributed by atoms with E-state index in [-0.39, 0.29) is 41.2 Å². The fourth-order valence-corrected chi connectivity index (χ4v) is 4.28. The lowest BCUT2D eigenvalue weighted by molar-refractivity contribution is -0.140. The second-order valence-electron chi connectivity index (χ2n) is 8.12. The minimum atomic E-state index is -0.915. The molecular formula is C25H24N2O7. The molecule has 0 bridgehead atoms. The Kier molecular flexibility index (Phi) is 6.21. The standard InChI is InChI=1S/C25H24N2O7/c1-12-22(30)20-15(10-27-12)11-34-25(20)18-7-16(13(2)28)23(31)21(24(18)32)17(8-19(29)33-3)14-5-4-6-26-9-14/h4-7,9-10,17,25,30-32H,8,11H2,1-3H3/t17-,25-/m1/s1. The average molecular weight is 464 g/mol. The van der Waals surface area contributed by atoms with Crippen molar-refractivity contribution in [3.05, 3.63) is 75.9 Å². The molecule has 0 aliphatic carbocycles. The summed E-state index contributed by atoms with van der Waals surface area (Å²) >= 11 is 0. The number of methoxy groups -OCH3 is 1. The predicted molar refractivity (Wildman–Crippen MR) is 120 cm³/mol. The third kappa shape index (κ3) is 3.94. The number of aromatic hydroxyl groups is 3. The molecule has 2 atom stereocenters. The molecule has 4 rings (SSSR count). The van der Waals surface area contributed by atoms with Crippen LogP contribution in [0.1, 0.15) is 69.2 Å². The zero-order valence-corrected chi connectivity index (χ0v) is 18.9. The van der Waals surface area contributed by atoms with Crippen LogP contribution in [-0.4, -0.2) is 44.1 Å². The van der Waals surface area contributed by atoms with Gasteiger partial charge >= 0.3 is 5.97 Å². The summed E-state index contributed by atoms with van der Waals surface area (Å²) in [5, 5.41) is 33.2. The van der Waals surface area contributed by atoms with Crippen molar-refractivity contribution in [1.29, 1.82) is 0 Å². The number of aromatic nitrogens is 2. The number of carbonyl (C=O) groups excluding carboxylic acids is 2. The predicted octanol–water partition coefficient (Wildman–Crippen LogP) is 3.42. The van der Waals surface area contributed by atoms with Gasteiger partial charge < -0.3 is 24.8 Å². The van der Waals surface area contributed by atoms with Gasteiger partial charge in [0.2, 0.25) is 0 Å². The number of phenols is 2. The molecule has 9 nitrogen and oxygen atoms in total. The normalized spacial score (nSPS) is 15.6. The number of nitrogens with zero attached hydrogens (tertiary/aromatic N) is 2. The van der Waals surface area contributed by atoms with E-state index in [2.05, 4.69) is 9.97 Å². The first-order chi connectivity index (χ1) is 16.2. The number of rotatable bonds is 6. The zero-order valence-electron chi connectivity index (χ0n) is 18.9. The minimum absolute atomic E-state index is 0.0246. The van der Waals surface area contributed by atoms with Crippen molar-refractivity contribution >= 4 is 11.8 Å². The van der Waals surface area contributed by atoms with Gasteiger partial charge in [0, 0.05) is 46.8 Å². The summed E-state index contributed by atoms with van der Waals surface area (Å²) in [6.07, 6.45) is 3.51. The third-order valence-electron chi connectivity index (χ3n) is 6.06. The van der Waals surface area contributed by atoms with E-state index in [1.165, 1.54) is 26.3 Å². The van der Waals surface area contributed by atoms with Crippen molar-refractivity contribution < 1.29 is 34.4 Å². The fraction of sp³-hybridized carbons (Fsp3) is 0.280. The summed E-state index contributed by atoms with van der Waals surface area (Å²) in [7, 11) is 1.24. The summed E-state index contributed by atoms with van der Waals surface area (Å²) in [5.74, 6) is -2.77. The van der Waals surface area contributed by atoms with Crippen molar-refractivity contribution in [2.75, 3.05) is 7.11 Å². The number of carbonyl (C=O) groups is 2. The summed E-state index contributed by atoms with van der Waals surface area (Å²) in [6.45, 7) is 3.07. The van der Waals surface area contributed by atoms with Crippen LogP contribution in [0.5, 0.6) is 17.2 Å². The number of ether oxygens (including phenoxy) is 2. The maximum atomic E-state index is 12.5. The molecule has 2 aromatic heterocycles. The van der Waals surface area contributed by atoms with Gasteiger partial charge in [-0.25, -0.2) is 0 Å². The maximum Gasteiger partial charge on any atom is 0.306 e. The second kappa shape index (κ2) is 9.11. The topological polar surface area (TPSA) is 139 Å². The smallest absolute Gasteiger partial charge is 0.306 e. The number of fused-ring (bicyclic) bond motifs is 1. The zero-order chi connectivity index (χ0) is 24.6. The Morgan fingerprint density at radius 2 is 1.97 bits per heavy atom. The van der Waals surface area contributed by atoms with Crippen LogP contribution in [0.15, 0.2) is 36.8 Å². The number of hydrogen-bond donors (Lipinski definition) is 3. The molecule has 0 spiro atoms. The lowest BCUT2D eigenvalue weighted by Gasteiger charge is -2.24. The maximum absolute atomic E-state index is 12.5. The van der Waals surface area contributed by atoms with Gasteiger partial charge in [0.1, 0.15) is 23.4 Å². The molecule has 0 unspecified atom stereocenters. The van der Waals surface area contributed by atoms with Crippen LogP contribution in [0.2, 0.25) is 0 Å². The van der Waals surface area contributed by atoms with Crippen molar-refractivity contribution in [2.24, 2.45) is 0 Å². The Hall–Kier alpha value is -3.98. The Morgan fingerprint density at radius 1 is 1.21 bits per heavy atom. The van der Waals surface area contributed by atoms with Crippen LogP contribution in [-0.2, 0) is 20.9 Å². The van der Waals surface area contributed by atoms with Crippen LogP contribution in [0.25, 0.3) is 0 Å². The Morgan fingerprint density at radius 3 is 2.62 bits per heavy atom. The first kappa shape index (κ1) is 23.2. The molecule has 0 radical (unpaired) electrons. The third-order valence-corrected chi connectivity index (χ3v) is 6.06. The number of aryl methyl sites for hydroxylation is 1. The lowest BCUT2D eigenvalue weighted by atomic mass is 9.83. The van der Waals surface area contributed by atoms with Crippen molar-refractivity contribution in [3.8, 4) is 17.2 Å². The molecule has 0 amide bonds. The van der Waals surface area contributed by atoms with Gasteiger partial charge in [-0.2, -0.15) is 0 Å². The quantitative estimate of drug-likeness (QED) is 0.370. The van der Waals surface area contributed by atoms with E-state index in [1.807, 2.05) is 0 Å². The molecule has 0 fully saturated rings. The number of esters is 1. The van der Waals surface area contributed by atoms with Crippen molar-refractivity contribution in [3.63, 3.8) is 0 Å². The van der Waals surface area contributed by atoms with Crippen LogP contribution in [0, 0.1) is 6.92 Å². The Bertz CT molecular complexity index is 1270. The first-order valence-corrected chi connectivity index (χ1v) is 10.6. The molecule has 0 saturated carbocycles. The Labute approximate surface area is 195 Å².